The molecule has 0 heterocycles. The van der Waals surface area contributed by atoms with Crippen LogP contribution in [0.5, 0.6) is 0 Å². The first kappa shape index (κ1) is 76.4. The second-order valence-corrected chi connectivity index (χ2v) is 25.8. The molecular weight excluding hydrogens is 1020 g/mol. The monoisotopic (exact) mass is 1150 g/mol. The Morgan fingerprint density at radius 3 is 0.873 bits per heavy atom. The minimum atomic E-state index is -5.02. The summed E-state index contributed by atoms with van der Waals surface area (Å²) >= 11 is 0. The Morgan fingerprint density at radius 2 is 0.595 bits per heavy atom. The first-order valence-corrected chi connectivity index (χ1v) is 35.9. The number of aliphatic hydroxyl groups excluding tert-OH is 5. The molecule has 0 amide bonds. The molecule has 0 aromatic heterocycles. The number of ether oxygens (including phenoxy) is 2. The molecule has 6 N–H and O–H groups in total. The number of hydrogen-bond donors (Lipinski definition) is 6. The normalized spacial score (nSPS) is 19.7. The van der Waals surface area contributed by atoms with Crippen LogP contribution in [0.4, 0.5) is 0 Å². The van der Waals surface area contributed by atoms with Crippen molar-refractivity contribution in [2.24, 2.45) is 0 Å². The van der Waals surface area contributed by atoms with E-state index < -0.39 is 63.1 Å². The number of esters is 1. The van der Waals surface area contributed by atoms with E-state index in [1.54, 1.807) is 0 Å². The van der Waals surface area contributed by atoms with Crippen molar-refractivity contribution in [1.82, 2.24) is 0 Å². The Balaban J connectivity index is 2.14. The van der Waals surface area contributed by atoms with Crippen LogP contribution in [0.1, 0.15) is 354 Å². The van der Waals surface area contributed by atoms with Crippen molar-refractivity contribution in [3.63, 3.8) is 0 Å². The van der Waals surface area contributed by atoms with Crippen LogP contribution in [0.25, 0.3) is 0 Å². The maximum atomic E-state index is 12.9. The van der Waals surface area contributed by atoms with Crippen LogP contribution in [0.15, 0.2) is 0 Å². The summed E-state index contributed by atoms with van der Waals surface area (Å²) in [7, 11) is -5.02. The van der Waals surface area contributed by atoms with Crippen molar-refractivity contribution in [3.8, 4) is 0 Å². The predicted molar refractivity (Wildman–Crippen MR) is 327 cm³/mol. The Labute approximate surface area is 486 Å². The molecule has 0 bridgehead atoms. The van der Waals surface area contributed by atoms with Gasteiger partial charge in [0.2, 0.25) is 0 Å². The van der Waals surface area contributed by atoms with Crippen LogP contribution in [0.3, 0.4) is 0 Å². The van der Waals surface area contributed by atoms with Crippen molar-refractivity contribution in [3.05, 3.63) is 0 Å². The third-order valence-corrected chi connectivity index (χ3v) is 17.7. The number of carbonyl (C=O) groups excluding carboxylic acids is 1. The molecule has 1 aliphatic carbocycles. The molecule has 1 aliphatic rings. The molecular formula is C66H131O12P. The summed E-state index contributed by atoms with van der Waals surface area (Å²) in [5.41, 5.74) is 0. The zero-order chi connectivity index (χ0) is 57.5. The highest BCUT2D eigenvalue weighted by Gasteiger charge is 2.51. The average molecular weight is 1150 g/mol. The van der Waals surface area contributed by atoms with E-state index >= 15 is 0 Å². The van der Waals surface area contributed by atoms with Gasteiger partial charge in [-0.15, -0.1) is 0 Å². The van der Waals surface area contributed by atoms with Gasteiger partial charge >= 0.3 is 13.8 Å². The summed E-state index contributed by atoms with van der Waals surface area (Å²) < 4.78 is 34.5. The van der Waals surface area contributed by atoms with Gasteiger partial charge < -0.3 is 39.9 Å². The maximum Gasteiger partial charge on any atom is 0.472 e. The minimum Gasteiger partial charge on any atom is -0.457 e. The summed E-state index contributed by atoms with van der Waals surface area (Å²) in [6, 6.07) is 0. The van der Waals surface area contributed by atoms with Crippen molar-refractivity contribution < 1.29 is 58.3 Å². The predicted octanol–water partition coefficient (Wildman–Crippen LogP) is 18.0. The average Bonchev–Trinajstić information content (AvgIpc) is 3.48. The van der Waals surface area contributed by atoms with E-state index in [1.165, 1.54) is 289 Å². The van der Waals surface area contributed by atoms with Gasteiger partial charge in [0.25, 0.3) is 0 Å². The Morgan fingerprint density at radius 1 is 0.354 bits per heavy atom. The Bertz CT molecular complexity index is 1310. The van der Waals surface area contributed by atoms with E-state index in [9.17, 15) is 39.8 Å². The van der Waals surface area contributed by atoms with E-state index in [1.807, 2.05) is 0 Å². The zero-order valence-electron chi connectivity index (χ0n) is 51.7. The lowest BCUT2D eigenvalue weighted by Crippen LogP contribution is -2.64. The van der Waals surface area contributed by atoms with Gasteiger partial charge in [0.1, 0.15) is 42.7 Å². The molecule has 0 aliphatic heterocycles. The minimum absolute atomic E-state index is 0.0667. The number of phosphoric ester groups is 1. The summed E-state index contributed by atoms with van der Waals surface area (Å²) in [6.07, 6.45) is 56.4. The van der Waals surface area contributed by atoms with Gasteiger partial charge in [0.05, 0.1) is 13.2 Å². The quantitative estimate of drug-likeness (QED) is 0.0192. The molecule has 1 saturated carbocycles. The fourth-order valence-electron chi connectivity index (χ4n) is 11.4. The lowest BCUT2D eigenvalue weighted by molar-refractivity contribution is -0.220. The van der Waals surface area contributed by atoms with Gasteiger partial charge in [0.15, 0.2) is 0 Å². The van der Waals surface area contributed by atoms with E-state index in [0.717, 1.165) is 38.5 Å². The fraction of sp³-hybridized carbons (Fsp3) is 0.985. The third-order valence-electron chi connectivity index (χ3n) is 16.7. The first-order valence-electron chi connectivity index (χ1n) is 34.4. The van der Waals surface area contributed by atoms with Crippen LogP contribution >= 0.6 is 7.82 Å². The highest BCUT2D eigenvalue weighted by atomic mass is 31.2. The molecule has 0 aromatic rings. The van der Waals surface area contributed by atoms with E-state index in [2.05, 4.69) is 13.8 Å². The molecule has 1 fully saturated rings. The molecule has 8 atom stereocenters. The van der Waals surface area contributed by atoms with Gasteiger partial charge in [-0.2, -0.15) is 0 Å². The van der Waals surface area contributed by atoms with E-state index in [-0.39, 0.29) is 13.0 Å². The second kappa shape index (κ2) is 56.5. The van der Waals surface area contributed by atoms with Crippen molar-refractivity contribution in [1.29, 1.82) is 0 Å². The van der Waals surface area contributed by atoms with Crippen molar-refractivity contribution in [2.45, 2.75) is 397 Å². The smallest absolute Gasteiger partial charge is 0.457 e. The maximum absolute atomic E-state index is 12.9. The van der Waals surface area contributed by atoms with Gasteiger partial charge in [-0.05, 0) is 12.8 Å². The Hall–Kier alpha value is -0.660. The first-order chi connectivity index (χ1) is 38.5. The van der Waals surface area contributed by atoms with Crippen molar-refractivity contribution in [2.75, 3.05) is 19.8 Å². The van der Waals surface area contributed by atoms with Crippen LogP contribution in [-0.2, 0) is 27.9 Å². The standard InChI is InChI=1S/C66H131O12P/c1-3-5-7-9-11-13-15-17-19-21-23-25-26-27-28-29-30-31-32-33-34-35-36-37-39-41-43-45-47-49-51-53-55-60(67)77-59(58-76-79(73,74)78-66-64(71)62(69)61(68)63(70)65(66)72)57-75-56-54-52-50-48-46-44-42-40-38-24-22-20-18-16-14-12-10-8-6-4-2/h59,61-66,68-72H,3-58H2,1-2H3,(H,73,74)/t59-,61?,62-,63?,64?,65?,66?/m1/s1. The molecule has 472 valence electrons. The van der Waals surface area contributed by atoms with Crippen LogP contribution in [0, 0.1) is 0 Å². The van der Waals surface area contributed by atoms with Gasteiger partial charge in [-0.3, -0.25) is 13.8 Å². The molecule has 0 aromatic carbocycles. The number of unbranched alkanes of at least 4 members (excludes halogenated alkanes) is 50. The van der Waals surface area contributed by atoms with Gasteiger partial charge in [-0.25, -0.2) is 4.57 Å². The molecule has 0 spiro atoms. The molecule has 0 saturated heterocycles. The van der Waals surface area contributed by atoms with Crippen LogP contribution in [0.2, 0.25) is 0 Å². The summed E-state index contributed by atoms with van der Waals surface area (Å²) in [5.74, 6) is -0.464. The molecule has 79 heavy (non-hydrogen) atoms. The highest BCUT2D eigenvalue weighted by molar-refractivity contribution is 7.47. The fourth-order valence-corrected chi connectivity index (χ4v) is 12.3. The largest absolute Gasteiger partial charge is 0.472 e. The zero-order valence-corrected chi connectivity index (χ0v) is 52.6. The summed E-state index contributed by atoms with van der Waals surface area (Å²) in [4.78, 5) is 23.4. The second-order valence-electron chi connectivity index (χ2n) is 24.4. The number of hydrogen-bond acceptors (Lipinski definition) is 11. The van der Waals surface area contributed by atoms with Crippen LogP contribution in [-0.4, -0.2) is 98.9 Å². The summed E-state index contributed by atoms with van der Waals surface area (Å²) in [6.45, 7) is 4.37. The number of rotatable bonds is 62. The molecule has 12 nitrogen and oxygen atoms in total. The van der Waals surface area contributed by atoms with E-state index in [0.29, 0.717) is 13.0 Å². The van der Waals surface area contributed by atoms with Gasteiger partial charge in [-0.1, -0.05) is 335 Å². The molecule has 6 unspecified atom stereocenters. The molecule has 13 heteroatoms. The summed E-state index contributed by atoms with van der Waals surface area (Å²) in [5, 5.41) is 50.6. The van der Waals surface area contributed by atoms with E-state index in [4.69, 9.17) is 18.5 Å². The third kappa shape index (κ3) is 47.3. The lowest BCUT2D eigenvalue weighted by Gasteiger charge is -2.41. The topological polar surface area (TPSA) is 192 Å². The Kier molecular flexibility index (Phi) is 54.6. The number of carbonyl (C=O) groups is 1. The number of aliphatic hydroxyl groups is 5. The SMILES string of the molecule is CCCCCCCCCCCCCCCCCCCCCCCCCCCCCCCCCCC(=O)O[C@H](COCCCCCCCCCCCCCCCCCCCCCC)COP(=O)(O)OC1C(O)C(O)C(O)[C@@H](O)C1O. The van der Waals surface area contributed by atoms with Crippen molar-refractivity contribution >= 4 is 13.8 Å². The number of phosphoric acid groups is 1. The molecule has 0 radical (unpaired) electrons. The molecule has 1 rings (SSSR count). The van der Waals surface area contributed by atoms with Crippen LogP contribution < -0.4 is 0 Å². The highest BCUT2D eigenvalue weighted by Crippen LogP contribution is 2.47. The lowest BCUT2D eigenvalue weighted by atomic mass is 9.85. The van der Waals surface area contributed by atoms with Gasteiger partial charge in [0, 0.05) is 13.0 Å².